The topological polar surface area (TPSA) is 0 Å². The third-order valence-electron chi connectivity index (χ3n) is 3.61. The van der Waals surface area contributed by atoms with E-state index in [0.29, 0.717) is 5.92 Å². The smallest absolute Gasteiger partial charge is 0.00613 e. The second kappa shape index (κ2) is 3.69. The Labute approximate surface area is 91.3 Å². The number of hydrogen-bond acceptors (Lipinski definition) is 0. The van der Waals surface area contributed by atoms with E-state index in [2.05, 4.69) is 42.5 Å². The van der Waals surface area contributed by atoms with Crippen LogP contribution in [-0.4, -0.2) is 0 Å². The third kappa shape index (κ3) is 1.54. The Balaban J connectivity index is 2.05. The summed E-state index contributed by atoms with van der Waals surface area (Å²) in [5.41, 5.74) is 2.94. The standard InChI is InChI=1S/C15H15/c1-2-6-12-10-11-13-7-4-5-9-15(13)14(12)8-3-1/h1-5,7-8,12,14H,6,10-11H2. The van der Waals surface area contributed by atoms with Crippen molar-refractivity contribution in [2.45, 2.75) is 25.2 Å². The van der Waals surface area contributed by atoms with Gasteiger partial charge in [-0.05, 0) is 42.4 Å². The molecular weight excluding hydrogens is 180 g/mol. The van der Waals surface area contributed by atoms with Gasteiger partial charge in [0.1, 0.15) is 0 Å². The predicted molar refractivity (Wildman–Crippen MR) is 62.7 cm³/mol. The molecule has 0 spiro atoms. The van der Waals surface area contributed by atoms with Crippen LogP contribution in [0.25, 0.3) is 0 Å². The third-order valence-corrected chi connectivity index (χ3v) is 3.61. The van der Waals surface area contributed by atoms with Crippen molar-refractivity contribution in [3.05, 3.63) is 59.7 Å². The molecule has 15 heavy (non-hydrogen) atoms. The van der Waals surface area contributed by atoms with Gasteiger partial charge >= 0.3 is 0 Å². The first-order valence-electron chi connectivity index (χ1n) is 5.78. The summed E-state index contributed by atoms with van der Waals surface area (Å²) < 4.78 is 0. The maximum atomic E-state index is 3.44. The Kier molecular flexibility index (Phi) is 2.21. The molecule has 1 aromatic rings. The summed E-state index contributed by atoms with van der Waals surface area (Å²) in [4.78, 5) is 0. The van der Waals surface area contributed by atoms with E-state index in [1.165, 1.54) is 30.4 Å². The molecule has 1 radical (unpaired) electrons. The first-order valence-corrected chi connectivity index (χ1v) is 5.78. The number of aryl methyl sites for hydroxylation is 1. The molecule has 2 unspecified atom stereocenters. The van der Waals surface area contributed by atoms with E-state index in [9.17, 15) is 0 Å². The highest BCUT2D eigenvalue weighted by molar-refractivity contribution is 5.36. The highest BCUT2D eigenvalue weighted by Gasteiger charge is 2.27. The van der Waals surface area contributed by atoms with Gasteiger partial charge in [0.15, 0.2) is 0 Å². The van der Waals surface area contributed by atoms with Gasteiger partial charge in [0.05, 0.1) is 0 Å². The van der Waals surface area contributed by atoms with Crippen molar-refractivity contribution in [1.29, 1.82) is 0 Å². The molecule has 3 rings (SSSR count). The maximum Gasteiger partial charge on any atom is 0.00613 e. The minimum absolute atomic E-state index is 0.602. The lowest BCUT2D eigenvalue weighted by molar-refractivity contribution is 0.423. The molecule has 0 fully saturated rings. The van der Waals surface area contributed by atoms with E-state index in [0.717, 1.165) is 5.92 Å². The van der Waals surface area contributed by atoms with Crippen LogP contribution in [0, 0.1) is 12.0 Å². The second-order valence-corrected chi connectivity index (χ2v) is 4.48. The average Bonchev–Trinajstić information content (AvgIpc) is 2.54. The van der Waals surface area contributed by atoms with Gasteiger partial charge in [-0.25, -0.2) is 0 Å². The summed E-state index contributed by atoms with van der Waals surface area (Å²) in [6, 6.07) is 9.85. The second-order valence-electron chi connectivity index (χ2n) is 4.48. The first-order chi connectivity index (χ1) is 7.45. The van der Waals surface area contributed by atoms with E-state index in [1.54, 1.807) is 0 Å². The van der Waals surface area contributed by atoms with Crippen molar-refractivity contribution < 1.29 is 0 Å². The van der Waals surface area contributed by atoms with Crippen LogP contribution in [0.15, 0.2) is 42.5 Å². The summed E-state index contributed by atoms with van der Waals surface area (Å²) in [6.45, 7) is 0. The molecule has 0 bridgehead atoms. The molecule has 2 aliphatic carbocycles. The Hall–Kier alpha value is -1.30. The van der Waals surface area contributed by atoms with Crippen molar-refractivity contribution in [2.75, 3.05) is 0 Å². The van der Waals surface area contributed by atoms with Crippen LogP contribution in [0.4, 0.5) is 0 Å². The van der Waals surface area contributed by atoms with Crippen molar-refractivity contribution >= 4 is 0 Å². The molecule has 2 aliphatic rings. The summed E-state index contributed by atoms with van der Waals surface area (Å²) in [6.07, 6.45) is 12.8. The van der Waals surface area contributed by atoms with Gasteiger partial charge in [-0.2, -0.15) is 0 Å². The van der Waals surface area contributed by atoms with Crippen LogP contribution < -0.4 is 0 Å². The fraction of sp³-hybridized carbons (Fsp3) is 0.333. The molecule has 0 aliphatic heterocycles. The molecule has 75 valence electrons. The van der Waals surface area contributed by atoms with Gasteiger partial charge in [0, 0.05) is 5.92 Å². The van der Waals surface area contributed by atoms with Crippen LogP contribution >= 0.6 is 0 Å². The summed E-state index contributed by atoms with van der Waals surface area (Å²) in [7, 11) is 0. The normalized spacial score (nSPS) is 28.0. The molecule has 0 heterocycles. The molecule has 1 aromatic carbocycles. The Morgan fingerprint density at radius 1 is 1.27 bits per heavy atom. The molecular formula is C15H15. The zero-order valence-electron chi connectivity index (χ0n) is 8.82. The van der Waals surface area contributed by atoms with Gasteiger partial charge in [-0.1, -0.05) is 42.5 Å². The first kappa shape index (κ1) is 8.96. The zero-order chi connectivity index (χ0) is 10.1. The van der Waals surface area contributed by atoms with E-state index in [1.807, 2.05) is 6.07 Å². The monoisotopic (exact) mass is 195 g/mol. The van der Waals surface area contributed by atoms with Crippen molar-refractivity contribution in [3.63, 3.8) is 0 Å². The lowest BCUT2D eigenvalue weighted by Gasteiger charge is -2.30. The Morgan fingerprint density at radius 2 is 2.27 bits per heavy atom. The van der Waals surface area contributed by atoms with Crippen LogP contribution in [0.2, 0.25) is 0 Å². The van der Waals surface area contributed by atoms with Gasteiger partial charge in [0.2, 0.25) is 0 Å². The maximum absolute atomic E-state index is 3.44. The molecule has 0 nitrogen and oxygen atoms in total. The van der Waals surface area contributed by atoms with Crippen molar-refractivity contribution in [2.24, 2.45) is 5.92 Å². The lowest BCUT2D eigenvalue weighted by atomic mass is 9.74. The fourth-order valence-corrected chi connectivity index (χ4v) is 2.80. The number of benzene rings is 1. The molecule has 0 heteroatoms. The largest absolute Gasteiger partial charge is 0.0842 e. The predicted octanol–water partition coefficient (Wildman–Crippen LogP) is 3.65. The highest BCUT2D eigenvalue weighted by Crippen LogP contribution is 2.39. The van der Waals surface area contributed by atoms with Gasteiger partial charge in [-0.15, -0.1) is 0 Å². The number of fused-ring (bicyclic) bond motifs is 3. The Bertz CT molecular complexity index is 412. The summed E-state index contributed by atoms with van der Waals surface area (Å²) >= 11 is 0. The van der Waals surface area contributed by atoms with Gasteiger partial charge < -0.3 is 0 Å². The molecule has 0 saturated heterocycles. The van der Waals surface area contributed by atoms with Crippen LogP contribution in [-0.2, 0) is 6.42 Å². The molecule has 0 amide bonds. The number of hydrogen-bond donors (Lipinski definition) is 0. The lowest BCUT2D eigenvalue weighted by Crippen LogP contribution is -2.18. The van der Waals surface area contributed by atoms with Crippen molar-refractivity contribution in [1.82, 2.24) is 0 Å². The van der Waals surface area contributed by atoms with E-state index < -0.39 is 0 Å². The van der Waals surface area contributed by atoms with E-state index in [-0.39, 0.29) is 0 Å². The molecule has 2 atom stereocenters. The summed E-state index contributed by atoms with van der Waals surface area (Å²) in [5, 5.41) is 0. The summed E-state index contributed by atoms with van der Waals surface area (Å²) in [5.74, 6) is 1.40. The quantitative estimate of drug-likeness (QED) is 0.592. The molecule has 0 N–H and O–H groups in total. The van der Waals surface area contributed by atoms with Crippen LogP contribution in [0.1, 0.15) is 29.9 Å². The van der Waals surface area contributed by atoms with Crippen LogP contribution in [0.5, 0.6) is 0 Å². The molecule has 0 aromatic heterocycles. The number of rotatable bonds is 0. The minimum atomic E-state index is 0.602. The minimum Gasteiger partial charge on any atom is -0.0842 e. The molecule has 0 saturated carbocycles. The average molecular weight is 195 g/mol. The number of allylic oxidation sites excluding steroid dienone is 4. The van der Waals surface area contributed by atoms with Crippen LogP contribution in [0.3, 0.4) is 0 Å². The van der Waals surface area contributed by atoms with Crippen molar-refractivity contribution in [3.8, 4) is 0 Å². The zero-order valence-corrected chi connectivity index (χ0v) is 8.82. The van der Waals surface area contributed by atoms with E-state index in [4.69, 9.17) is 0 Å². The SMILES string of the molecule is [c]1cccc2c1C1C=CC=CCC1CC2. The van der Waals surface area contributed by atoms with Gasteiger partial charge in [0.25, 0.3) is 0 Å². The fourth-order valence-electron chi connectivity index (χ4n) is 2.80. The van der Waals surface area contributed by atoms with E-state index >= 15 is 0 Å². The highest BCUT2D eigenvalue weighted by atomic mass is 14.3. The van der Waals surface area contributed by atoms with Gasteiger partial charge in [-0.3, -0.25) is 0 Å². The Morgan fingerprint density at radius 3 is 3.27 bits per heavy atom.